The highest BCUT2D eigenvalue weighted by Crippen LogP contribution is 2.26. The maximum Gasteiger partial charge on any atom is 0.227 e. The largest absolute Gasteiger partial charge is 0.338 e. The third-order valence-electron chi connectivity index (χ3n) is 3.81. The SMILES string of the molecule is CC(C)(C)N1CCC(CN2CCNCC2)C1=O. The van der Waals surface area contributed by atoms with E-state index >= 15 is 0 Å². The molecule has 0 spiro atoms. The van der Waals surface area contributed by atoms with Gasteiger partial charge >= 0.3 is 0 Å². The summed E-state index contributed by atoms with van der Waals surface area (Å²) in [5.74, 6) is 0.586. The highest BCUT2D eigenvalue weighted by atomic mass is 16.2. The Morgan fingerprint density at radius 2 is 1.88 bits per heavy atom. The van der Waals surface area contributed by atoms with E-state index in [0.717, 1.165) is 45.7 Å². The number of rotatable bonds is 2. The van der Waals surface area contributed by atoms with Crippen molar-refractivity contribution in [1.82, 2.24) is 15.1 Å². The van der Waals surface area contributed by atoms with Crippen molar-refractivity contribution < 1.29 is 4.79 Å². The van der Waals surface area contributed by atoms with Gasteiger partial charge in [-0.2, -0.15) is 0 Å². The molecule has 2 heterocycles. The molecule has 2 aliphatic rings. The van der Waals surface area contributed by atoms with E-state index in [1.54, 1.807) is 0 Å². The Bertz CT molecular complexity index is 279. The van der Waals surface area contributed by atoms with Gasteiger partial charge in [-0.1, -0.05) is 0 Å². The van der Waals surface area contributed by atoms with Crippen molar-refractivity contribution in [3.05, 3.63) is 0 Å². The second kappa shape index (κ2) is 4.94. The van der Waals surface area contributed by atoms with Gasteiger partial charge in [0.05, 0.1) is 5.92 Å². The standard InChI is InChI=1S/C13H25N3O/c1-13(2,3)16-7-4-11(12(16)17)10-15-8-5-14-6-9-15/h11,14H,4-10H2,1-3H3. The molecule has 1 unspecified atom stereocenters. The Labute approximate surface area is 104 Å². The molecule has 1 N–H and O–H groups in total. The van der Waals surface area contributed by atoms with Gasteiger partial charge in [0.1, 0.15) is 0 Å². The van der Waals surface area contributed by atoms with Crippen molar-refractivity contribution in [1.29, 1.82) is 0 Å². The number of likely N-dealkylation sites (tertiary alicyclic amines) is 1. The first-order valence-corrected chi connectivity index (χ1v) is 6.73. The average molecular weight is 239 g/mol. The second-order valence-electron chi connectivity index (χ2n) is 6.20. The zero-order valence-corrected chi connectivity index (χ0v) is 11.3. The van der Waals surface area contributed by atoms with E-state index in [0.29, 0.717) is 5.91 Å². The molecular formula is C13H25N3O. The zero-order valence-electron chi connectivity index (χ0n) is 11.3. The lowest BCUT2D eigenvalue weighted by molar-refractivity contribution is -0.135. The average Bonchev–Trinajstić information content (AvgIpc) is 2.61. The van der Waals surface area contributed by atoms with Crippen molar-refractivity contribution in [3.8, 4) is 0 Å². The summed E-state index contributed by atoms with van der Waals surface area (Å²) in [4.78, 5) is 16.8. The number of nitrogens with zero attached hydrogens (tertiary/aromatic N) is 2. The Morgan fingerprint density at radius 3 is 2.41 bits per heavy atom. The lowest BCUT2D eigenvalue weighted by Gasteiger charge is -2.33. The van der Waals surface area contributed by atoms with Crippen LogP contribution in [0.4, 0.5) is 0 Å². The van der Waals surface area contributed by atoms with Crippen molar-refractivity contribution in [2.24, 2.45) is 5.92 Å². The fourth-order valence-electron chi connectivity index (χ4n) is 2.78. The maximum absolute atomic E-state index is 12.3. The van der Waals surface area contributed by atoms with Crippen LogP contribution in [0.25, 0.3) is 0 Å². The molecule has 0 radical (unpaired) electrons. The van der Waals surface area contributed by atoms with Crippen LogP contribution in [0.5, 0.6) is 0 Å². The molecule has 0 aromatic rings. The predicted octanol–water partition coefficient (Wildman–Crippen LogP) is 0.539. The van der Waals surface area contributed by atoms with Crippen molar-refractivity contribution >= 4 is 5.91 Å². The first-order valence-electron chi connectivity index (χ1n) is 6.73. The van der Waals surface area contributed by atoms with E-state index in [1.165, 1.54) is 0 Å². The van der Waals surface area contributed by atoms with Crippen LogP contribution in [0, 0.1) is 5.92 Å². The second-order valence-corrected chi connectivity index (χ2v) is 6.20. The normalized spacial score (nSPS) is 27.8. The van der Waals surface area contributed by atoms with E-state index in [1.807, 2.05) is 4.90 Å². The summed E-state index contributed by atoms with van der Waals surface area (Å²) < 4.78 is 0. The quantitative estimate of drug-likeness (QED) is 0.764. The third kappa shape index (κ3) is 2.99. The monoisotopic (exact) mass is 239 g/mol. The highest BCUT2D eigenvalue weighted by Gasteiger charge is 2.38. The van der Waals surface area contributed by atoms with Gasteiger partial charge in [0.15, 0.2) is 0 Å². The van der Waals surface area contributed by atoms with Gasteiger partial charge in [-0.05, 0) is 27.2 Å². The van der Waals surface area contributed by atoms with Crippen LogP contribution >= 0.6 is 0 Å². The molecule has 0 saturated carbocycles. The summed E-state index contributed by atoms with van der Waals surface area (Å²) in [5.41, 5.74) is -0.0186. The molecule has 0 bridgehead atoms. The minimum atomic E-state index is -0.0186. The summed E-state index contributed by atoms with van der Waals surface area (Å²) in [5, 5.41) is 3.35. The predicted molar refractivity (Wildman–Crippen MR) is 68.9 cm³/mol. The van der Waals surface area contributed by atoms with Crippen molar-refractivity contribution in [2.75, 3.05) is 39.3 Å². The molecule has 2 aliphatic heterocycles. The van der Waals surface area contributed by atoms with E-state index in [9.17, 15) is 4.79 Å². The molecule has 4 nitrogen and oxygen atoms in total. The number of carbonyl (C=O) groups excluding carboxylic acids is 1. The fraction of sp³-hybridized carbons (Fsp3) is 0.923. The summed E-state index contributed by atoms with van der Waals surface area (Å²) in [7, 11) is 0. The van der Waals surface area contributed by atoms with Gasteiger partial charge in [0.25, 0.3) is 0 Å². The topological polar surface area (TPSA) is 35.6 Å². The molecular weight excluding hydrogens is 214 g/mol. The molecule has 98 valence electrons. The number of piperazine rings is 1. The molecule has 1 atom stereocenters. The summed E-state index contributed by atoms with van der Waals surface area (Å²) in [6.45, 7) is 12.5. The molecule has 1 amide bonds. The van der Waals surface area contributed by atoms with Crippen LogP contribution < -0.4 is 5.32 Å². The number of amides is 1. The molecule has 2 rings (SSSR count). The van der Waals surface area contributed by atoms with Gasteiger partial charge in [-0.3, -0.25) is 4.79 Å². The van der Waals surface area contributed by atoms with Crippen LogP contribution in [0.15, 0.2) is 0 Å². The number of nitrogens with one attached hydrogen (secondary N) is 1. The summed E-state index contributed by atoms with van der Waals surface area (Å²) in [6.07, 6.45) is 1.03. The number of hydrogen-bond acceptors (Lipinski definition) is 3. The third-order valence-corrected chi connectivity index (χ3v) is 3.81. The van der Waals surface area contributed by atoms with Crippen LogP contribution in [0.2, 0.25) is 0 Å². The lowest BCUT2D eigenvalue weighted by atomic mass is 10.1. The van der Waals surface area contributed by atoms with Gasteiger partial charge in [0, 0.05) is 44.8 Å². The van der Waals surface area contributed by atoms with Gasteiger partial charge < -0.3 is 15.1 Å². The Hall–Kier alpha value is -0.610. The molecule has 2 saturated heterocycles. The van der Waals surface area contributed by atoms with E-state index < -0.39 is 0 Å². The van der Waals surface area contributed by atoms with Gasteiger partial charge in [-0.15, -0.1) is 0 Å². The molecule has 2 fully saturated rings. The zero-order chi connectivity index (χ0) is 12.5. The Balaban J connectivity index is 1.89. The summed E-state index contributed by atoms with van der Waals surface area (Å²) in [6, 6.07) is 0. The van der Waals surface area contributed by atoms with Gasteiger partial charge in [0.2, 0.25) is 5.91 Å². The molecule has 0 aromatic carbocycles. The van der Waals surface area contributed by atoms with Crippen LogP contribution in [-0.4, -0.2) is 60.5 Å². The molecule has 17 heavy (non-hydrogen) atoms. The minimum Gasteiger partial charge on any atom is -0.338 e. The minimum absolute atomic E-state index is 0.0186. The van der Waals surface area contributed by atoms with Crippen LogP contribution in [0.3, 0.4) is 0 Å². The first-order chi connectivity index (χ1) is 7.98. The molecule has 0 aromatic heterocycles. The number of carbonyl (C=O) groups is 1. The van der Waals surface area contributed by atoms with E-state index in [-0.39, 0.29) is 11.5 Å². The fourth-order valence-corrected chi connectivity index (χ4v) is 2.78. The van der Waals surface area contributed by atoms with Crippen LogP contribution in [-0.2, 0) is 4.79 Å². The van der Waals surface area contributed by atoms with Crippen LogP contribution in [0.1, 0.15) is 27.2 Å². The molecule has 4 heteroatoms. The Morgan fingerprint density at radius 1 is 1.24 bits per heavy atom. The van der Waals surface area contributed by atoms with E-state index in [2.05, 4.69) is 31.0 Å². The maximum atomic E-state index is 12.3. The van der Waals surface area contributed by atoms with Crippen molar-refractivity contribution in [2.45, 2.75) is 32.7 Å². The van der Waals surface area contributed by atoms with Gasteiger partial charge in [-0.25, -0.2) is 0 Å². The summed E-state index contributed by atoms with van der Waals surface area (Å²) >= 11 is 0. The number of hydrogen-bond donors (Lipinski definition) is 1. The first kappa shape index (κ1) is 12.8. The molecule has 0 aliphatic carbocycles. The lowest BCUT2D eigenvalue weighted by Crippen LogP contribution is -2.47. The van der Waals surface area contributed by atoms with E-state index in [4.69, 9.17) is 0 Å². The van der Waals surface area contributed by atoms with Crippen molar-refractivity contribution in [3.63, 3.8) is 0 Å². The smallest absolute Gasteiger partial charge is 0.227 e. The highest BCUT2D eigenvalue weighted by molar-refractivity contribution is 5.81. The Kier molecular flexibility index (Phi) is 3.73.